The van der Waals surface area contributed by atoms with Crippen LogP contribution in [0.1, 0.15) is 40.7 Å². The molecule has 2 amide bonds. The minimum atomic E-state index is -0.570. The third-order valence-electron chi connectivity index (χ3n) is 4.98. The molecule has 1 atom stereocenters. The Bertz CT molecular complexity index is 776. The van der Waals surface area contributed by atoms with Gasteiger partial charge >= 0.3 is 0 Å². The molecule has 1 fully saturated rings. The van der Waals surface area contributed by atoms with Gasteiger partial charge in [0.2, 0.25) is 5.91 Å². The first kappa shape index (κ1) is 21.9. The molecule has 0 bridgehead atoms. The number of carbonyl (C=O) groups excluding carboxylic acids is 2. The standard InChI is InChI=1S/C22H27N3O2.ClH/c23-16-18-10-7-11-19(14-18)21(26)24-20(15-17-8-3-1-4-9-17)22(27)25-12-5-2-6-13-25;/h1,3-4,7-11,14,20H,2,5-6,12-13,15-16,23H2,(H,24,26);1H. The molecule has 1 aliphatic heterocycles. The molecule has 0 saturated carbocycles. The van der Waals surface area contributed by atoms with Gasteiger partial charge < -0.3 is 16.0 Å². The van der Waals surface area contributed by atoms with Crippen LogP contribution in [0.2, 0.25) is 0 Å². The molecule has 3 rings (SSSR count). The molecule has 0 radical (unpaired) electrons. The summed E-state index contributed by atoms with van der Waals surface area (Å²) in [5.74, 6) is -0.238. The first-order chi connectivity index (χ1) is 13.2. The number of likely N-dealkylation sites (tertiary alicyclic amines) is 1. The van der Waals surface area contributed by atoms with Crippen molar-refractivity contribution in [3.05, 3.63) is 71.3 Å². The highest BCUT2D eigenvalue weighted by Crippen LogP contribution is 2.13. The predicted molar refractivity (Wildman–Crippen MR) is 113 cm³/mol. The molecule has 0 aromatic heterocycles. The van der Waals surface area contributed by atoms with Gasteiger partial charge in [0.1, 0.15) is 6.04 Å². The summed E-state index contributed by atoms with van der Waals surface area (Å²) in [7, 11) is 0. The first-order valence-corrected chi connectivity index (χ1v) is 9.60. The molecule has 1 aliphatic rings. The number of hydrogen-bond donors (Lipinski definition) is 2. The number of carbonyl (C=O) groups is 2. The number of hydrogen-bond acceptors (Lipinski definition) is 3. The lowest BCUT2D eigenvalue weighted by Crippen LogP contribution is -2.51. The predicted octanol–water partition coefficient (Wildman–Crippen LogP) is 2.92. The number of nitrogens with two attached hydrogens (primary N) is 1. The van der Waals surface area contributed by atoms with Crippen LogP contribution < -0.4 is 11.1 Å². The molecule has 1 heterocycles. The summed E-state index contributed by atoms with van der Waals surface area (Å²) < 4.78 is 0. The number of piperidine rings is 1. The van der Waals surface area contributed by atoms with Gasteiger partial charge in [-0.3, -0.25) is 9.59 Å². The zero-order valence-corrected chi connectivity index (χ0v) is 16.8. The van der Waals surface area contributed by atoms with E-state index in [-0.39, 0.29) is 24.2 Å². The van der Waals surface area contributed by atoms with Crippen LogP contribution >= 0.6 is 12.4 Å². The second kappa shape index (κ2) is 10.8. The van der Waals surface area contributed by atoms with Gasteiger partial charge in [-0.1, -0.05) is 42.5 Å². The SMILES string of the molecule is Cl.NCc1cccc(C(=O)NC(Cc2ccccc2)C(=O)N2CCCCC2)c1. The van der Waals surface area contributed by atoms with Crippen molar-refractivity contribution in [2.75, 3.05) is 13.1 Å². The highest BCUT2D eigenvalue weighted by molar-refractivity contribution is 5.97. The van der Waals surface area contributed by atoms with Gasteiger partial charge in [-0.05, 0) is 42.5 Å². The average molecular weight is 402 g/mol. The van der Waals surface area contributed by atoms with E-state index in [0.29, 0.717) is 18.5 Å². The number of amides is 2. The van der Waals surface area contributed by atoms with Crippen molar-refractivity contribution in [1.82, 2.24) is 10.2 Å². The van der Waals surface area contributed by atoms with Gasteiger partial charge in [0.05, 0.1) is 0 Å². The summed E-state index contributed by atoms with van der Waals surface area (Å²) in [6, 6.07) is 16.5. The zero-order valence-electron chi connectivity index (χ0n) is 16.0. The molecule has 1 saturated heterocycles. The fourth-order valence-corrected chi connectivity index (χ4v) is 3.47. The monoisotopic (exact) mass is 401 g/mol. The summed E-state index contributed by atoms with van der Waals surface area (Å²) >= 11 is 0. The Hall–Kier alpha value is -2.37. The molecule has 0 spiro atoms. The molecular weight excluding hydrogens is 374 g/mol. The van der Waals surface area contributed by atoms with Crippen molar-refractivity contribution >= 4 is 24.2 Å². The van der Waals surface area contributed by atoms with Crippen molar-refractivity contribution in [2.45, 2.75) is 38.3 Å². The van der Waals surface area contributed by atoms with Crippen molar-refractivity contribution in [1.29, 1.82) is 0 Å². The Balaban J connectivity index is 0.00000280. The van der Waals surface area contributed by atoms with Crippen LogP contribution in [0.5, 0.6) is 0 Å². The normalized spacial score (nSPS) is 14.7. The molecule has 3 N–H and O–H groups in total. The van der Waals surface area contributed by atoms with Crippen LogP contribution in [0.4, 0.5) is 0 Å². The lowest BCUT2D eigenvalue weighted by Gasteiger charge is -2.31. The second-order valence-electron chi connectivity index (χ2n) is 7.01. The van der Waals surface area contributed by atoms with Crippen LogP contribution in [0.15, 0.2) is 54.6 Å². The van der Waals surface area contributed by atoms with Gasteiger partial charge in [-0.15, -0.1) is 12.4 Å². The van der Waals surface area contributed by atoms with Crippen molar-refractivity contribution in [2.24, 2.45) is 5.73 Å². The largest absolute Gasteiger partial charge is 0.341 e. The van der Waals surface area contributed by atoms with Crippen LogP contribution in [0.3, 0.4) is 0 Å². The van der Waals surface area contributed by atoms with Crippen LogP contribution in [0, 0.1) is 0 Å². The summed E-state index contributed by atoms with van der Waals surface area (Å²) in [4.78, 5) is 27.7. The van der Waals surface area contributed by atoms with E-state index in [2.05, 4.69) is 5.32 Å². The van der Waals surface area contributed by atoms with Crippen molar-refractivity contribution in [3.63, 3.8) is 0 Å². The summed E-state index contributed by atoms with van der Waals surface area (Å²) in [5.41, 5.74) is 8.13. The molecule has 6 heteroatoms. The van der Waals surface area contributed by atoms with E-state index in [4.69, 9.17) is 5.73 Å². The molecule has 1 unspecified atom stereocenters. The molecular formula is C22H28ClN3O2. The number of rotatable bonds is 6. The van der Waals surface area contributed by atoms with E-state index >= 15 is 0 Å². The number of nitrogens with one attached hydrogen (secondary N) is 1. The van der Waals surface area contributed by atoms with Crippen molar-refractivity contribution in [3.8, 4) is 0 Å². The smallest absolute Gasteiger partial charge is 0.251 e. The van der Waals surface area contributed by atoms with E-state index < -0.39 is 6.04 Å². The third kappa shape index (κ3) is 5.81. The Morgan fingerprint density at radius 2 is 1.64 bits per heavy atom. The minimum Gasteiger partial charge on any atom is -0.341 e. The zero-order chi connectivity index (χ0) is 19.1. The topological polar surface area (TPSA) is 75.4 Å². The minimum absolute atomic E-state index is 0. The number of nitrogens with zero attached hydrogens (tertiary/aromatic N) is 1. The van der Waals surface area contributed by atoms with Crippen LogP contribution in [0.25, 0.3) is 0 Å². The highest BCUT2D eigenvalue weighted by Gasteiger charge is 2.27. The van der Waals surface area contributed by atoms with Crippen LogP contribution in [-0.4, -0.2) is 35.8 Å². The molecule has 28 heavy (non-hydrogen) atoms. The molecule has 2 aromatic rings. The second-order valence-corrected chi connectivity index (χ2v) is 7.01. The first-order valence-electron chi connectivity index (χ1n) is 9.60. The molecule has 5 nitrogen and oxygen atoms in total. The Morgan fingerprint density at radius 3 is 2.32 bits per heavy atom. The molecule has 2 aromatic carbocycles. The van der Waals surface area contributed by atoms with E-state index in [1.807, 2.05) is 47.4 Å². The summed E-state index contributed by atoms with van der Waals surface area (Å²) in [6.45, 7) is 1.91. The summed E-state index contributed by atoms with van der Waals surface area (Å²) in [6.07, 6.45) is 3.69. The average Bonchev–Trinajstić information content (AvgIpc) is 2.74. The van der Waals surface area contributed by atoms with E-state index in [1.54, 1.807) is 12.1 Å². The van der Waals surface area contributed by atoms with E-state index in [0.717, 1.165) is 43.5 Å². The van der Waals surface area contributed by atoms with Gasteiger partial charge in [-0.25, -0.2) is 0 Å². The Labute approximate surface area is 172 Å². The lowest BCUT2D eigenvalue weighted by molar-refractivity contribution is -0.134. The summed E-state index contributed by atoms with van der Waals surface area (Å²) in [5, 5.41) is 2.96. The van der Waals surface area contributed by atoms with Crippen LogP contribution in [-0.2, 0) is 17.8 Å². The van der Waals surface area contributed by atoms with E-state index in [1.165, 1.54) is 0 Å². The molecule has 0 aliphatic carbocycles. The number of halogens is 1. The van der Waals surface area contributed by atoms with Crippen molar-refractivity contribution < 1.29 is 9.59 Å². The number of benzene rings is 2. The van der Waals surface area contributed by atoms with Gasteiger partial charge in [0, 0.05) is 31.6 Å². The maximum atomic E-state index is 13.1. The Kier molecular flexibility index (Phi) is 8.48. The quantitative estimate of drug-likeness (QED) is 0.781. The fraction of sp³-hybridized carbons (Fsp3) is 0.364. The Morgan fingerprint density at radius 1 is 0.964 bits per heavy atom. The van der Waals surface area contributed by atoms with E-state index in [9.17, 15) is 9.59 Å². The molecule has 150 valence electrons. The maximum absolute atomic E-state index is 13.1. The van der Waals surface area contributed by atoms with Gasteiger partial charge in [-0.2, -0.15) is 0 Å². The maximum Gasteiger partial charge on any atom is 0.251 e. The van der Waals surface area contributed by atoms with Gasteiger partial charge in [0.15, 0.2) is 0 Å². The fourth-order valence-electron chi connectivity index (χ4n) is 3.47. The van der Waals surface area contributed by atoms with Gasteiger partial charge in [0.25, 0.3) is 5.91 Å². The lowest BCUT2D eigenvalue weighted by atomic mass is 10.0. The highest BCUT2D eigenvalue weighted by atomic mass is 35.5. The third-order valence-corrected chi connectivity index (χ3v) is 4.98.